The first-order valence-electron chi connectivity index (χ1n) is 16.4. The number of amides is 5. The summed E-state index contributed by atoms with van der Waals surface area (Å²) in [4.78, 5) is 86.0. The summed E-state index contributed by atoms with van der Waals surface area (Å²) in [5.41, 5.74) is 0.809. The average Bonchev–Trinajstić information content (AvgIpc) is 3.50. The number of carbonyl (C=O) groups excluding carboxylic acids is 6. The van der Waals surface area contributed by atoms with E-state index in [4.69, 9.17) is 4.74 Å². The summed E-state index contributed by atoms with van der Waals surface area (Å²) in [5.74, 6) is -3.20. The van der Waals surface area contributed by atoms with Crippen LogP contribution in [0.25, 0.3) is 0 Å². The average molecular weight is 642 g/mol. The molecule has 1 aromatic carbocycles. The molecule has 254 valence electrons. The van der Waals surface area contributed by atoms with Crippen molar-refractivity contribution >= 4 is 35.5 Å². The molecule has 46 heavy (non-hydrogen) atoms. The Labute approximate surface area is 272 Å². The van der Waals surface area contributed by atoms with Crippen LogP contribution in [0.5, 0.6) is 0 Å². The smallest absolute Gasteiger partial charge is 0.308 e. The van der Waals surface area contributed by atoms with Gasteiger partial charge in [-0.25, -0.2) is 0 Å². The first-order chi connectivity index (χ1) is 21.8. The topological polar surface area (TPSA) is 145 Å². The van der Waals surface area contributed by atoms with Gasteiger partial charge in [0, 0.05) is 33.6 Å². The highest BCUT2D eigenvalue weighted by atomic mass is 16.5. The zero-order chi connectivity index (χ0) is 34.1. The molecule has 2 fully saturated rings. The van der Waals surface area contributed by atoms with Gasteiger partial charge in [-0.05, 0) is 43.1 Å². The van der Waals surface area contributed by atoms with Gasteiger partial charge < -0.3 is 30.1 Å². The van der Waals surface area contributed by atoms with Crippen molar-refractivity contribution < 1.29 is 33.5 Å². The summed E-state index contributed by atoms with van der Waals surface area (Å²) in [5, 5.41) is 5.63. The van der Waals surface area contributed by atoms with Crippen LogP contribution in [0.15, 0.2) is 30.3 Å². The second-order valence-corrected chi connectivity index (χ2v) is 13.1. The van der Waals surface area contributed by atoms with Crippen molar-refractivity contribution in [3.63, 3.8) is 0 Å². The number of cyclic esters (lactones) is 1. The number of hydrogen-bond acceptors (Lipinski definition) is 7. The Morgan fingerprint density at radius 1 is 0.891 bits per heavy atom. The zero-order valence-corrected chi connectivity index (χ0v) is 28.3. The highest BCUT2D eigenvalue weighted by Crippen LogP contribution is 2.23. The normalized spacial score (nSPS) is 26.4. The summed E-state index contributed by atoms with van der Waals surface area (Å²) in [7, 11) is 3.07. The Kier molecular flexibility index (Phi) is 13.1. The number of fused-ring (bicyclic) bond motifs is 1. The van der Waals surface area contributed by atoms with Crippen LogP contribution < -0.4 is 10.6 Å². The van der Waals surface area contributed by atoms with E-state index >= 15 is 0 Å². The second kappa shape index (κ2) is 16.6. The third-order valence-corrected chi connectivity index (χ3v) is 8.75. The lowest BCUT2D eigenvalue weighted by Crippen LogP contribution is -2.60. The highest BCUT2D eigenvalue weighted by molar-refractivity contribution is 5.96. The van der Waals surface area contributed by atoms with Gasteiger partial charge in [0.25, 0.3) is 5.91 Å². The molecule has 0 aliphatic carbocycles. The van der Waals surface area contributed by atoms with Gasteiger partial charge in [0.2, 0.25) is 23.6 Å². The number of nitrogens with zero attached hydrogens (tertiary/aromatic N) is 3. The van der Waals surface area contributed by atoms with E-state index in [0.29, 0.717) is 25.8 Å². The van der Waals surface area contributed by atoms with Crippen molar-refractivity contribution in [3.05, 3.63) is 35.9 Å². The maximum atomic E-state index is 14.2. The van der Waals surface area contributed by atoms with Crippen LogP contribution >= 0.6 is 0 Å². The molecule has 0 saturated carbocycles. The molecule has 0 spiro atoms. The maximum absolute atomic E-state index is 14.2. The molecule has 0 radical (unpaired) electrons. The Morgan fingerprint density at radius 3 is 2.17 bits per heavy atom. The van der Waals surface area contributed by atoms with Gasteiger partial charge in [-0.3, -0.25) is 28.8 Å². The van der Waals surface area contributed by atoms with E-state index in [0.717, 1.165) is 5.56 Å². The van der Waals surface area contributed by atoms with Crippen molar-refractivity contribution in [3.8, 4) is 0 Å². The molecule has 0 aromatic heterocycles. The minimum atomic E-state index is -1.09. The lowest BCUT2D eigenvalue weighted by molar-refractivity contribution is -0.162. The van der Waals surface area contributed by atoms with Gasteiger partial charge in [0.05, 0.1) is 6.42 Å². The van der Waals surface area contributed by atoms with Crippen molar-refractivity contribution in [2.45, 2.75) is 103 Å². The van der Waals surface area contributed by atoms with Crippen LogP contribution in [0.3, 0.4) is 0 Å². The third kappa shape index (κ3) is 9.07. The molecule has 5 atom stereocenters. The van der Waals surface area contributed by atoms with Gasteiger partial charge in [0.1, 0.15) is 24.2 Å². The fraction of sp³-hybridized carbons (Fsp3) is 0.647. The summed E-state index contributed by atoms with van der Waals surface area (Å²) >= 11 is 0. The minimum absolute atomic E-state index is 0.0219. The molecule has 2 saturated heterocycles. The minimum Gasteiger partial charge on any atom is -0.452 e. The SMILES string of the molecule is CC[C@H]1C(=O)NCCC(=O)O[C@@H](CC(C)C)C(=O)N2CCC[C@H]2C(=O)N[C@H](Cc2ccccc2)C(=O)N(C)[C@@H](C(C)C)C(=O)N1C. The molecule has 12 heteroatoms. The van der Waals surface area contributed by atoms with Crippen LogP contribution in [-0.2, 0) is 39.9 Å². The summed E-state index contributed by atoms with van der Waals surface area (Å²) < 4.78 is 5.64. The van der Waals surface area contributed by atoms with Crippen LogP contribution in [-0.4, -0.2) is 108 Å². The molecule has 2 aliphatic rings. The molecule has 12 nitrogen and oxygen atoms in total. The van der Waals surface area contributed by atoms with E-state index < -0.39 is 65.8 Å². The van der Waals surface area contributed by atoms with Gasteiger partial charge in [0.15, 0.2) is 6.10 Å². The lowest BCUT2D eigenvalue weighted by atomic mass is 9.97. The fourth-order valence-corrected chi connectivity index (χ4v) is 6.33. The van der Waals surface area contributed by atoms with Gasteiger partial charge >= 0.3 is 5.97 Å². The van der Waals surface area contributed by atoms with E-state index in [9.17, 15) is 28.8 Å². The van der Waals surface area contributed by atoms with Crippen molar-refractivity contribution in [2.24, 2.45) is 11.8 Å². The molecule has 5 amide bonds. The van der Waals surface area contributed by atoms with E-state index in [1.165, 1.54) is 28.8 Å². The number of likely N-dealkylation sites (N-methyl/N-ethyl adjacent to an activating group) is 2. The lowest BCUT2D eigenvalue weighted by Gasteiger charge is -2.37. The molecular formula is C34H51N5O7. The zero-order valence-electron chi connectivity index (χ0n) is 28.3. The molecule has 2 N–H and O–H groups in total. The monoisotopic (exact) mass is 641 g/mol. The third-order valence-electron chi connectivity index (χ3n) is 8.75. The Morgan fingerprint density at radius 2 is 1.57 bits per heavy atom. The molecule has 1 aromatic rings. The van der Waals surface area contributed by atoms with Crippen molar-refractivity contribution in [1.29, 1.82) is 0 Å². The van der Waals surface area contributed by atoms with E-state index in [-0.39, 0.29) is 37.6 Å². The van der Waals surface area contributed by atoms with E-state index in [2.05, 4.69) is 10.6 Å². The predicted molar refractivity (Wildman–Crippen MR) is 172 cm³/mol. The maximum Gasteiger partial charge on any atom is 0.308 e. The number of nitrogens with one attached hydrogen (secondary N) is 2. The molecular weight excluding hydrogens is 590 g/mol. The quantitative estimate of drug-likeness (QED) is 0.452. The number of carbonyl (C=O) groups is 6. The Balaban J connectivity index is 2.05. The van der Waals surface area contributed by atoms with Gasteiger partial charge in [-0.1, -0.05) is 65.0 Å². The summed E-state index contributed by atoms with van der Waals surface area (Å²) in [6.07, 6.45) is 0.441. The standard InChI is InChI=1S/C34H51N5O7/c1-8-25-30(41)35-17-16-28(40)46-27(19-21(2)3)33(44)39-18-12-15-26(39)31(42)36-24(20-23-13-10-9-11-14-23)32(43)38(7)29(22(4)5)34(45)37(25)6/h9-11,13-14,21-22,24-27,29H,8,12,15-20H2,1-7H3,(H,35,41)(H,36,42)/t24-,25+,26+,27+,29+/m1/s1. The van der Waals surface area contributed by atoms with Gasteiger partial charge in [-0.15, -0.1) is 0 Å². The number of rotatable bonds is 6. The Hall–Kier alpha value is -3.96. The number of benzene rings is 1. The summed E-state index contributed by atoms with van der Waals surface area (Å²) in [6, 6.07) is 5.59. The van der Waals surface area contributed by atoms with Crippen LogP contribution in [0.1, 0.15) is 72.3 Å². The number of esters is 1. The Bertz CT molecular complexity index is 1250. The van der Waals surface area contributed by atoms with Crippen molar-refractivity contribution in [1.82, 2.24) is 25.3 Å². The first-order valence-corrected chi connectivity index (χ1v) is 16.4. The van der Waals surface area contributed by atoms with Crippen LogP contribution in [0.4, 0.5) is 0 Å². The van der Waals surface area contributed by atoms with Gasteiger partial charge in [-0.2, -0.15) is 0 Å². The van der Waals surface area contributed by atoms with Crippen LogP contribution in [0.2, 0.25) is 0 Å². The van der Waals surface area contributed by atoms with E-state index in [1.54, 1.807) is 6.92 Å². The second-order valence-electron chi connectivity index (χ2n) is 13.1. The molecule has 2 heterocycles. The van der Waals surface area contributed by atoms with E-state index in [1.807, 2.05) is 58.0 Å². The predicted octanol–water partition coefficient (Wildman–Crippen LogP) is 1.90. The molecule has 0 bridgehead atoms. The first kappa shape index (κ1) is 36.5. The fourth-order valence-electron chi connectivity index (χ4n) is 6.33. The number of hydrogen-bond donors (Lipinski definition) is 2. The van der Waals surface area contributed by atoms with Crippen LogP contribution in [0, 0.1) is 11.8 Å². The molecule has 2 aliphatic heterocycles. The molecule has 0 unspecified atom stereocenters. The highest BCUT2D eigenvalue weighted by Gasteiger charge is 2.42. The van der Waals surface area contributed by atoms with Crippen molar-refractivity contribution in [2.75, 3.05) is 27.2 Å². The number of ether oxygens (including phenoxy) is 1. The largest absolute Gasteiger partial charge is 0.452 e. The molecule has 3 rings (SSSR count). The summed E-state index contributed by atoms with van der Waals surface area (Å²) in [6.45, 7) is 9.51.